The predicted octanol–water partition coefficient (Wildman–Crippen LogP) is 2.92. The lowest BCUT2D eigenvalue weighted by atomic mass is 10.0. The van der Waals surface area contributed by atoms with E-state index in [4.69, 9.17) is 15.3 Å². The number of carbonyl (C=O) groups excluding carboxylic acids is 1. The van der Waals surface area contributed by atoms with Gasteiger partial charge >= 0.3 is 0 Å². The number of morpholine rings is 1. The maximum atomic E-state index is 12.4. The lowest BCUT2D eigenvalue weighted by Gasteiger charge is -2.26. The van der Waals surface area contributed by atoms with E-state index < -0.39 is 0 Å². The molecule has 3 N–H and O–H groups in total. The number of carbonyl (C=O) groups is 1. The molecule has 0 unspecified atom stereocenters. The number of benzene rings is 2. The fraction of sp³-hybridized carbons (Fsp3) is 0.417. The molecule has 0 atom stereocenters. The molecule has 2 aromatic carbocycles. The van der Waals surface area contributed by atoms with Crippen LogP contribution in [0.15, 0.2) is 47.6 Å². The zero-order valence-corrected chi connectivity index (χ0v) is 18.4. The van der Waals surface area contributed by atoms with Gasteiger partial charge in [0, 0.05) is 30.9 Å². The number of oxime groups is 1. The fourth-order valence-corrected chi connectivity index (χ4v) is 3.64. The fourth-order valence-electron chi connectivity index (χ4n) is 3.64. The van der Waals surface area contributed by atoms with Crippen molar-refractivity contribution in [2.45, 2.75) is 33.2 Å². The monoisotopic (exact) mass is 424 g/mol. The molecule has 0 bridgehead atoms. The smallest absolute Gasteiger partial charge is 0.265 e. The lowest BCUT2D eigenvalue weighted by molar-refractivity contribution is -0.120. The first-order valence-electron chi connectivity index (χ1n) is 10.9. The molecule has 7 heteroatoms. The largest absolute Gasteiger partial charge is 0.384 e. The number of ether oxygens (including phenoxy) is 1. The van der Waals surface area contributed by atoms with Crippen LogP contribution in [0, 0.1) is 0 Å². The van der Waals surface area contributed by atoms with Crippen LogP contribution in [0.4, 0.5) is 5.69 Å². The molecular formula is C24H32N4O3. The molecule has 166 valence electrons. The maximum Gasteiger partial charge on any atom is 0.265 e. The second-order valence-electron chi connectivity index (χ2n) is 7.55. The Kier molecular flexibility index (Phi) is 8.44. The molecule has 2 aromatic rings. The predicted molar refractivity (Wildman–Crippen MR) is 123 cm³/mol. The minimum Gasteiger partial charge on any atom is -0.384 e. The zero-order chi connectivity index (χ0) is 22.1. The summed E-state index contributed by atoms with van der Waals surface area (Å²) in [5, 5.41) is 6.91. The van der Waals surface area contributed by atoms with Gasteiger partial charge in [-0.3, -0.25) is 9.69 Å². The van der Waals surface area contributed by atoms with Crippen molar-refractivity contribution < 1.29 is 14.4 Å². The SMILES string of the molecule is CCc1cccc(CC)c1NC(=O)CO/N=C(/N)c1cccc(CN2CCOCC2)c1. The third-order valence-corrected chi connectivity index (χ3v) is 5.35. The average molecular weight is 425 g/mol. The van der Waals surface area contributed by atoms with Gasteiger partial charge in [0.2, 0.25) is 0 Å². The van der Waals surface area contributed by atoms with Crippen LogP contribution in [0.1, 0.15) is 36.1 Å². The van der Waals surface area contributed by atoms with Crippen LogP contribution in [0.25, 0.3) is 0 Å². The summed E-state index contributed by atoms with van der Waals surface area (Å²) >= 11 is 0. The molecule has 1 saturated heterocycles. The molecule has 0 aromatic heterocycles. The van der Waals surface area contributed by atoms with E-state index in [1.54, 1.807) is 0 Å². The van der Waals surface area contributed by atoms with E-state index in [1.807, 2.05) is 36.4 Å². The summed E-state index contributed by atoms with van der Waals surface area (Å²) in [6, 6.07) is 14.0. The highest BCUT2D eigenvalue weighted by Crippen LogP contribution is 2.22. The second-order valence-corrected chi connectivity index (χ2v) is 7.55. The van der Waals surface area contributed by atoms with Crippen molar-refractivity contribution in [3.63, 3.8) is 0 Å². The maximum absolute atomic E-state index is 12.4. The number of hydrogen-bond donors (Lipinski definition) is 2. The first kappa shape index (κ1) is 22.8. The molecule has 1 aliphatic rings. The van der Waals surface area contributed by atoms with E-state index in [0.717, 1.165) is 73.6 Å². The number of nitrogens with one attached hydrogen (secondary N) is 1. The molecule has 1 fully saturated rings. The summed E-state index contributed by atoms with van der Waals surface area (Å²) in [5.41, 5.74) is 11.1. The Morgan fingerprint density at radius 2 is 1.81 bits per heavy atom. The number of anilines is 1. The van der Waals surface area contributed by atoms with Gasteiger partial charge in [-0.05, 0) is 35.6 Å². The van der Waals surface area contributed by atoms with Crippen LogP contribution in [-0.4, -0.2) is 49.6 Å². The topological polar surface area (TPSA) is 89.2 Å². The lowest BCUT2D eigenvalue weighted by Crippen LogP contribution is -2.35. The standard InChI is InChI=1S/C24H32N4O3/c1-3-19-8-6-9-20(4-2)23(19)26-22(29)17-31-27-24(25)21-10-5-7-18(15-21)16-28-11-13-30-14-12-28/h5-10,15H,3-4,11-14,16-17H2,1-2H3,(H2,25,27)(H,26,29). The first-order valence-corrected chi connectivity index (χ1v) is 10.9. The van der Waals surface area contributed by atoms with Crippen LogP contribution < -0.4 is 11.1 Å². The van der Waals surface area contributed by atoms with Crippen LogP contribution in [-0.2, 0) is 33.8 Å². The van der Waals surface area contributed by atoms with Crippen molar-refractivity contribution in [3.05, 3.63) is 64.7 Å². The number of aryl methyl sites for hydroxylation is 2. The molecule has 1 amide bonds. The van der Waals surface area contributed by atoms with E-state index >= 15 is 0 Å². The van der Waals surface area contributed by atoms with Gasteiger partial charge in [-0.15, -0.1) is 0 Å². The van der Waals surface area contributed by atoms with Crippen molar-refractivity contribution in [3.8, 4) is 0 Å². The number of hydrogen-bond acceptors (Lipinski definition) is 5. The molecule has 0 aliphatic carbocycles. The Morgan fingerprint density at radius 3 is 2.48 bits per heavy atom. The van der Waals surface area contributed by atoms with Crippen molar-refractivity contribution in [1.29, 1.82) is 0 Å². The summed E-state index contributed by atoms with van der Waals surface area (Å²) in [6.07, 6.45) is 1.69. The van der Waals surface area contributed by atoms with Gasteiger partial charge in [-0.1, -0.05) is 55.4 Å². The van der Waals surface area contributed by atoms with Gasteiger partial charge in [0.25, 0.3) is 5.91 Å². The Labute approximate surface area is 184 Å². The van der Waals surface area contributed by atoms with Gasteiger partial charge < -0.3 is 20.6 Å². The molecule has 0 saturated carbocycles. The number of amidine groups is 1. The number of rotatable bonds is 9. The highest BCUT2D eigenvalue weighted by Gasteiger charge is 2.12. The van der Waals surface area contributed by atoms with Gasteiger partial charge in [0.05, 0.1) is 13.2 Å². The van der Waals surface area contributed by atoms with E-state index in [2.05, 4.69) is 35.3 Å². The summed E-state index contributed by atoms with van der Waals surface area (Å²) in [6.45, 7) is 8.15. The molecule has 0 spiro atoms. The Bertz CT molecular complexity index is 885. The quantitative estimate of drug-likeness (QED) is 0.367. The van der Waals surface area contributed by atoms with Crippen LogP contribution in [0.3, 0.4) is 0 Å². The minimum absolute atomic E-state index is 0.199. The molecule has 7 nitrogen and oxygen atoms in total. The summed E-state index contributed by atoms with van der Waals surface area (Å²) in [4.78, 5) is 20.0. The van der Waals surface area contributed by atoms with Crippen molar-refractivity contribution in [2.75, 3.05) is 38.2 Å². The Hall–Kier alpha value is -2.90. The molecule has 1 aliphatic heterocycles. The summed E-state index contributed by atoms with van der Waals surface area (Å²) in [5.74, 6) is -0.00643. The highest BCUT2D eigenvalue weighted by atomic mass is 16.6. The van der Waals surface area contributed by atoms with Gasteiger partial charge in [-0.2, -0.15) is 0 Å². The number of nitrogens with two attached hydrogens (primary N) is 1. The first-order chi connectivity index (χ1) is 15.1. The molecule has 31 heavy (non-hydrogen) atoms. The van der Waals surface area contributed by atoms with E-state index in [0.29, 0.717) is 0 Å². The van der Waals surface area contributed by atoms with Gasteiger partial charge in [-0.25, -0.2) is 0 Å². The molecule has 1 heterocycles. The Morgan fingerprint density at radius 1 is 1.13 bits per heavy atom. The van der Waals surface area contributed by atoms with E-state index in [9.17, 15) is 4.79 Å². The van der Waals surface area contributed by atoms with E-state index in [-0.39, 0.29) is 18.3 Å². The number of amides is 1. The van der Waals surface area contributed by atoms with Crippen LogP contribution in [0.5, 0.6) is 0 Å². The average Bonchev–Trinajstić information content (AvgIpc) is 2.80. The second kappa shape index (κ2) is 11.5. The summed E-state index contributed by atoms with van der Waals surface area (Å²) < 4.78 is 5.40. The highest BCUT2D eigenvalue weighted by molar-refractivity contribution is 5.97. The van der Waals surface area contributed by atoms with Crippen molar-refractivity contribution >= 4 is 17.4 Å². The molecule has 0 radical (unpaired) electrons. The minimum atomic E-state index is -0.256. The third kappa shape index (κ3) is 6.54. The third-order valence-electron chi connectivity index (χ3n) is 5.35. The van der Waals surface area contributed by atoms with Crippen LogP contribution in [0.2, 0.25) is 0 Å². The number of para-hydroxylation sites is 1. The molecule has 3 rings (SSSR count). The number of nitrogens with zero attached hydrogens (tertiary/aromatic N) is 2. The molecular weight excluding hydrogens is 392 g/mol. The summed E-state index contributed by atoms with van der Waals surface area (Å²) in [7, 11) is 0. The van der Waals surface area contributed by atoms with Crippen molar-refractivity contribution in [1.82, 2.24) is 4.90 Å². The van der Waals surface area contributed by atoms with E-state index in [1.165, 1.54) is 0 Å². The van der Waals surface area contributed by atoms with Gasteiger partial charge in [0.15, 0.2) is 12.4 Å². The van der Waals surface area contributed by atoms with Gasteiger partial charge in [0.1, 0.15) is 0 Å². The zero-order valence-electron chi connectivity index (χ0n) is 18.4. The van der Waals surface area contributed by atoms with Crippen molar-refractivity contribution in [2.24, 2.45) is 10.9 Å². The Balaban J connectivity index is 1.56. The normalized spacial score (nSPS) is 15.0. The van der Waals surface area contributed by atoms with Crippen LogP contribution >= 0.6 is 0 Å².